The van der Waals surface area contributed by atoms with Crippen LogP contribution < -0.4 is 0 Å². The van der Waals surface area contributed by atoms with Gasteiger partial charge in [0.1, 0.15) is 5.56 Å². The Hall–Kier alpha value is -1.57. The lowest BCUT2D eigenvalue weighted by molar-refractivity contribution is -0.385. The van der Waals surface area contributed by atoms with Crippen LogP contribution in [0.1, 0.15) is 12.0 Å². The maximum absolute atomic E-state index is 10.6. The number of nitro benzene ring substituents is 1. The number of benzene rings is 1. The normalized spacial score (nSPS) is 9.20. The summed E-state index contributed by atoms with van der Waals surface area (Å²) >= 11 is 5.69. The molecule has 0 bridgehead atoms. The molecule has 0 saturated carbocycles. The fourth-order valence-corrected chi connectivity index (χ4v) is 1.15. The highest BCUT2D eigenvalue weighted by atomic mass is 35.5. The third-order valence-corrected chi connectivity index (χ3v) is 1.85. The van der Waals surface area contributed by atoms with Gasteiger partial charge in [-0.1, -0.05) is 23.4 Å². The molecule has 0 aromatic heterocycles. The van der Waals surface area contributed by atoms with E-state index >= 15 is 0 Å². The summed E-state index contributed by atoms with van der Waals surface area (Å²) in [4.78, 5) is 10.1. The zero-order valence-electron chi connectivity index (χ0n) is 7.74. The topological polar surface area (TPSA) is 63.4 Å². The molecule has 1 aromatic carbocycles. The summed E-state index contributed by atoms with van der Waals surface area (Å²) < 4.78 is 0. The van der Waals surface area contributed by atoms with E-state index in [9.17, 15) is 10.1 Å². The molecule has 1 N–H and O–H groups in total. The SMILES string of the molecule is O=[N+]([O-])c1ccc(Cl)cc1C#CCCO. The van der Waals surface area contributed by atoms with Crippen LogP contribution >= 0.6 is 11.6 Å². The van der Waals surface area contributed by atoms with Crippen molar-refractivity contribution in [3.63, 3.8) is 0 Å². The van der Waals surface area contributed by atoms with Gasteiger partial charge in [0.25, 0.3) is 5.69 Å². The van der Waals surface area contributed by atoms with Crippen molar-refractivity contribution in [3.05, 3.63) is 38.9 Å². The van der Waals surface area contributed by atoms with Crippen molar-refractivity contribution >= 4 is 17.3 Å². The van der Waals surface area contributed by atoms with Gasteiger partial charge >= 0.3 is 0 Å². The van der Waals surface area contributed by atoms with E-state index in [0.717, 1.165) is 0 Å². The van der Waals surface area contributed by atoms with Crippen molar-refractivity contribution in [3.8, 4) is 11.8 Å². The van der Waals surface area contributed by atoms with Crippen LogP contribution in [0, 0.1) is 22.0 Å². The first-order valence-corrected chi connectivity index (χ1v) is 4.56. The number of aliphatic hydroxyl groups excluding tert-OH is 1. The predicted molar refractivity (Wildman–Crippen MR) is 56.7 cm³/mol. The molecule has 0 amide bonds. The standard InChI is InChI=1S/C10H8ClNO3/c11-9-4-5-10(12(14)15)8(7-9)3-1-2-6-13/h4-5,7,13H,2,6H2. The van der Waals surface area contributed by atoms with Crippen LogP contribution in [-0.2, 0) is 0 Å². The minimum atomic E-state index is -0.515. The molecular formula is C10H8ClNO3. The van der Waals surface area contributed by atoms with E-state index in [-0.39, 0.29) is 24.3 Å². The zero-order chi connectivity index (χ0) is 11.3. The van der Waals surface area contributed by atoms with Gasteiger partial charge in [0.05, 0.1) is 11.5 Å². The lowest BCUT2D eigenvalue weighted by atomic mass is 10.2. The molecule has 1 aromatic rings. The fourth-order valence-electron chi connectivity index (χ4n) is 0.981. The van der Waals surface area contributed by atoms with Crippen molar-refractivity contribution in [2.75, 3.05) is 6.61 Å². The number of nitrogens with zero attached hydrogens (tertiary/aromatic N) is 1. The predicted octanol–water partition coefficient (Wildman–Crippen LogP) is 1.98. The van der Waals surface area contributed by atoms with Gasteiger partial charge in [-0.05, 0) is 12.1 Å². The Labute approximate surface area is 91.6 Å². The Morgan fingerprint density at radius 1 is 1.53 bits per heavy atom. The summed E-state index contributed by atoms with van der Waals surface area (Å²) in [6.45, 7) is -0.0681. The third kappa shape index (κ3) is 3.24. The molecule has 0 heterocycles. The molecule has 0 fully saturated rings. The summed E-state index contributed by atoms with van der Waals surface area (Å²) in [6, 6.07) is 4.19. The summed E-state index contributed by atoms with van der Waals surface area (Å²) in [7, 11) is 0. The van der Waals surface area contributed by atoms with E-state index in [1.54, 1.807) is 0 Å². The number of nitro groups is 1. The first-order valence-electron chi connectivity index (χ1n) is 4.19. The number of aliphatic hydroxyl groups is 1. The molecule has 0 aliphatic rings. The van der Waals surface area contributed by atoms with Crippen molar-refractivity contribution < 1.29 is 10.0 Å². The van der Waals surface area contributed by atoms with Crippen LogP contribution in [0.4, 0.5) is 5.69 Å². The maximum atomic E-state index is 10.6. The summed E-state index contributed by atoms with van der Waals surface area (Å²) in [5, 5.41) is 19.5. The Morgan fingerprint density at radius 3 is 2.87 bits per heavy atom. The Balaban J connectivity index is 3.09. The van der Waals surface area contributed by atoms with Crippen LogP contribution in [0.25, 0.3) is 0 Å². The fraction of sp³-hybridized carbons (Fsp3) is 0.200. The van der Waals surface area contributed by atoms with Gasteiger partial charge in [-0.2, -0.15) is 0 Å². The molecule has 0 spiro atoms. The van der Waals surface area contributed by atoms with Gasteiger partial charge in [-0.25, -0.2) is 0 Å². The maximum Gasteiger partial charge on any atom is 0.285 e. The number of hydrogen-bond acceptors (Lipinski definition) is 3. The summed E-state index contributed by atoms with van der Waals surface area (Å²) in [5.41, 5.74) is 0.186. The lowest BCUT2D eigenvalue weighted by Gasteiger charge is -1.95. The van der Waals surface area contributed by atoms with E-state index < -0.39 is 4.92 Å². The molecule has 15 heavy (non-hydrogen) atoms. The number of rotatable bonds is 2. The first-order chi connectivity index (χ1) is 7.15. The van der Waals surface area contributed by atoms with Crippen LogP contribution in [0.3, 0.4) is 0 Å². The highest BCUT2D eigenvalue weighted by Crippen LogP contribution is 2.21. The Morgan fingerprint density at radius 2 is 2.27 bits per heavy atom. The molecule has 0 saturated heterocycles. The number of halogens is 1. The van der Waals surface area contributed by atoms with Crippen LogP contribution in [-0.4, -0.2) is 16.6 Å². The zero-order valence-corrected chi connectivity index (χ0v) is 8.49. The highest BCUT2D eigenvalue weighted by molar-refractivity contribution is 6.30. The minimum Gasteiger partial charge on any atom is -0.395 e. The second kappa shape index (κ2) is 5.35. The van der Waals surface area contributed by atoms with Crippen molar-refractivity contribution in [1.82, 2.24) is 0 Å². The van der Waals surface area contributed by atoms with E-state index in [0.29, 0.717) is 5.02 Å². The molecule has 78 valence electrons. The van der Waals surface area contributed by atoms with Gasteiger partial charge in [-0.15, -0.1) is 0 Å². The second-order valence-corrected chi connectivity index (χ2v) is 3.13. The number of hydrogen-bond donors (Lipinski definition) is 1. The average Bonchev–Trinajstić information content (AvgIpc) is 2.18. The molecule has 0 aliphatic heterocycles. The summed E-state index contributed by atoms with van der Waals surface area (Å²) in [6.07, 6.45) is 0.281. The smallest absolute Gasteiger partial charge is 0.285 e. The first kappa shape index (κ1) is 11.5. The van der Waals surface area contributed by atoms with E-state index in [2.05, 4.69) is 11.8 Å². The monoisotopic (exact) mass is 225 g/mol. The summed E-state index contributed by atoms with van der Waals surface area (Å²) in [5.74, 6) is 5.21. The average molecular weight is 226 g/mol. The van der Waals surface area contributed by atoms with Gasteiger partial charge in [-0.3, -0.25) is 10.1 Å². The highest BCUT2D eigenvalue weighted by Gasteiger charge is 2.11. The molecule has 0 unspecified atom stereocenters. The molecular weight excluding hydrogens is 218 g/mol. The van der Waals surface area contributed by atoms with Gasteiger partial charge < -0.3 is 5.11 Å². The molecule has 4 nitrogen and oxygen atoms in total. The molecule has 0 aliphatic carbocycles. The molecule has 5 heteroatoms. The van der Waals surface area contributed by atoms with E-state index in [1.807, 2.05) is 0 Å². The largest absolute Gasteiger partial charge is 0.395 e. The van der Waals surface area contributed by atoms with Crippen molar-refractivity contribution in [2.45, 2.75) is 6.42 Å². The van der Waals surface area contributed by atoms with Crippen LogP contribution in [0.2, 0.25) is 5.02 Å². The second-order valence-electron chi connectivity index (χ2n) is 2.69. The Bertz CT molecular complexity index is 434. The van der Waals surface area contributed by atoms with Gasteiger partial charge in [0, 0.05) is 17.5 Å². The van der Waals surface area contributed by atoms with E-state index in [4.69, 9.17) is 16.7 Å². The van der Waals surface area contributed by atoms with Crippen molar-refractivity contribution in [1.29, 1.82) is 0 Å². The minimum absolute atomic E-state index is 0.0681. The van der Waals surface area contributed by atoms with Crippen molar-refractivity contribution in [2.24, 2.45) is 0 Å². The van der Waals surface area contributed by atoms with Crippen LogP contribution in [0.5, 0.6) is 0 Å². The molecule has 0 atom stereocenters. The van der Waals surface area contributed by atoms with Gasteiger partial charge in [0.2, 0.25) is 0 Å². The quantitative estimate of drug-likeness (QED) is 0.476. The Kier molecular flexibility index (Phi) is 4.10. The van der Waals surface area contributed by atoms with Gasteiger partial charge in [0.15, 0.2) is 0 Å². The molecule has 1 rings (SSSR count). The molecule has 0 radical (unpaired) electrons. The lowest BCUT2D eigenvalue weighted by Crippen LogP contribution is -1.91. The third-order valence-electron chi connectivity index (χ3n) is 1.62. The van der Waals surface area contributed by atoms with E-state index in [1.165, 1.54) is 18.2 Å². The van der Waals surface area contributed by atoms with Crippen LogP contribution in [0.15, 0.2) is 18.2 Å².